The zero-order valence-electron chi connectivity index (χ0n) is 18.4. The van der Waals surface area contributed by atoms with E-state index in [0.29, 0.717) is 12.2 Å². The number of nitrogens with zero attached hydrogens (tertiary/aromatic N) is 5. The first-order valence-corrected chi connectivity index (χ1v) is 11.2. The molecule has 4 heterocycles. The largest absolute Gasteiger partial charge is 0.383 e. The molecule has 8 heteroatoms. The Balaban J connectivity index is 1.71. The number of fused-ring (bicyclic) bond motifs is 4. The van der Waals surface area contributed by atoms with E-state index >= 15 is 0 Å². The lowest BCUT2D eigenvalue weighted by molar-refractivity contribution is -0.122. The fraction of sp³-hybridized carbons (Fsp3) is 0.458. The van der Waals surface area contributed by atoms with Crippen LogP contribution in [0.1, 0.15) is 29.5 Å². The molecule has 0 aliphatic carbocycles. The van der Waals surface area contributed by atoms with Gasteiger partial charge in [0.05, 0.1) is 23.2 Å². The van der Waals surface area contributed by atoms with Crippen LogP contribution in [0.5, 0.6) is 0 Å². The predicted molar refractivity (Wildman–Crippen MR) is 122 cm³/mol. The molecule has 0 spiro atoms. The average molecular weight is 433 g/mol. The van der Waals surface area contributed by atoms with Crippen molar-refractivity contribution < 1.29 is 9.53 Å². The van der Waals surface area contributed by atoms with Crippen molar-refractivity contribution in [1.29, 1.82) is 5.26 Å². The minimum Gasteiger partial charge on any atom is -0.383 e. The fourth-order valence-electron chi connectivity index (χ4n) is 5.22. The number of hydrogen-bond acceptors (Lipinski definition) is 6. The van der Waals surface area contributed by atoms with Crippen LogP contribution in [0.3, 0.4) is 0 Å². The third-order valence-corrected chi connectivity index (χ3v) is 6.91. The van der Waals surface area contributed by atoms with Crippen molar-refractivity contribution in [1.82, 2.24) is 14.3 Å². The fourth-order valence-corrected chi connectivity index (χ4v) is 5.22. The van der Waals surface area contributed by atoms with Gasteiger partial charge in [-0.15, -0.1) is 0 Å². The number of imidazole rings is 1. The molecule has 3 aromatic rings. The summed E-state index contributed by atoms with van der Waals surface area (Å²) in [5, 5.41) is 10.1. The van der Waals surface area contributed by atoms with E-state index in [1.807, 2.05) is 18.2 Å². The smallest absolute Gasteiger partial charge is 0.220 e. The molecule has 2 N–H and O–H groups in total. The third kappa shape index (κ3) is 3.38. The Morgan fingerprint density at radius 3 is 2.75 bits per heavy atom. The number of amides is 1. The molecule has 1 amide bonds. The molecule has 8 nitrogen and oxygen atoms in total. The summed E-state index contributed by atoms with van der Waals surface area (Å²) in [5.74, 6) is 0.817. The van der Waals surface area contributed by atoms with Gasteiger partial charge >= 0.3 is 0 Å². The summed E-state index contributed by atoms with van der Waals surface area (Å²) in [6.45, 7) is 4.70. The van der Waals surface area contributed by atoms with Crippen LogP contribution in [0.2, 0.25) is 0 Å². The second-order valence-corrected chi connectivity index (χ2v) is 8.71. The van der Waals surface area contributed by atoms with E-state index in [9.17, 15) is 10.1 Å². The molecule has 166 valence electrons. The van der Waals surface area contributed by atoms with E-state index < -0.39 is 0 Å². The number of hydrogen-bond donors (Lipinski definition) is 1. The number of carbonyl (C=O) groups excluding carboxylic acids is 1. The molecule has 2 aromatic heterocycles. The molecule has 0 radical (unpaired) electrons. The lowest BCUT2D eigenvalue weighted by Gasteiger charge is -2.38. The highest BCUT2D eigenvalue weighted by Gasteiger charge is 2.32. The first kappa shape index (κ1) is 20.7. The topological polar surface area (TPSA) is 99.9 Å². The molecule has 1 aromatic carbocycles. The van der Waals surface area contributed by atoms with Crippen molar-refractivity contribution in [3.05, 3.63) is 41.0 Å². The summed E-state index contributed by atoms with van der Waals surface area (Å²) < 4.78 is 7.47. The highest BCUT2D eigenvalue weighted by Crippen LogP contribution is 2.38. The van der Waals surface area contributed by atoms with Crippen molar-refractivity contribution >= 4 is 28.4 Å². The second-order valence-electron chi connectivity index (χ2n) is 8.71. The number of piperidine rings is 1. The zero-order chi connectivity index (χ0) is 22.2. The van der Waals surface area contributed by atoms with Gasteiger partial charge in [-0.1, -0.05) is 12.1 Å². The van der Waals surface area contributed by atoms with E-state index in [0.717, 1.165) is 80.0 Å². The number of anilines is 1. The van der Waals surface area contributed by atoms with Crippen LogP contribution >= 0.6 is 0 Å². The number of nitriles is 1. The number of carbonyl (C=O) groups is 1. The Morgan fingerprint density at radius 1 is 1.25 bits per heavy atom. The Labute approximate surface area is 187 Å². The van der Waals surface area contributed by atoms with Gasteiger partial charge in [-0.3, -0.25) is 14.1 Å². The van der Waals surface area contributed by atoms with Crippen LogP contribution in [0.15, 0.2) is 24.3 Å². The van der Waals surface area contributed by atoms with Crippen LogP contribution in [0.25, 0.3) is 16.7 Å². The predicted octanol–water partition coefficient (Wildman–Crippen LogP) is 2.07. The van der Waals surface area contributed by atoms with Crippen LogP contribution in [-0.2, 0) is 22.5 Å². The van der Waals surface area contributed by atoms with E-state index in [2.05, 4.69) is 26.3 Å². The molecular weight excluding hydrogens is 404 g/mol. The molecule has 0 saturated carbocycles. The number of ether oxygens (including phenoxy) is 1. The highest BCUT2D eigenvalue weighted by atomic mass is 16.5. The maximum atomic E-state index is 11.7. The van der Waals surface area contributed by atoms with Crippen molar-refractivity contribution in [2.45, 2.75) is 25.8 Å². The van der Waals surface area contributed by atoms with Crippen molar-refractivity contribution in [3.63, 3.8) is 0 Å². The number of rotatable bonds is 5. The van der Waals surface area contributed by atoms with Gasteiger partial charge in [0.1, 0.15) is 11.9 Å². The summed E-state index contributed by atoms with van der Waals surface area (Å²) in [7, 11) is 1.72. The van der Waals surface area contributed by atoms with Crippen LogP contribution in [0.4, 0.5) is 5.82 Å². The maximum Gasteiger partial charge on any atom is 0.220 e. The maximum absolute atomic E-state index is 11.7. The molecule has 32 heavy (non-hydrogen) atoms. The van der Waals surface area contributed by atoms with Crippen molar-refractivity contribution in [2.75, 3.05) is 44.8 Å². The summed E-state index contributed by atoms with van der Waals surface area (Å²) in [5.41, 5.74) is 11.2. The number of pyridine rings is 1. The summed E-state index contributed by atoms with van der Waals surface area (Å²) in [4.78, 5) is 21.4. The Kier molecular flexibility index (Phi) is 5.45. The standard InChI is InChI=1S/C24H28N6O2/c1-32-13-12-28-9-8-17-18(14-25)23-27-20-4-2-3-5-21(20)30(23)24(19(17)15-28)29-10-6-16(7-11-29)22(26)31/h2-5,16H,6-13,15H2,1H3,(H2,26,31). The first-order chi connectivity index (χ1) is 15.6. The molecule has 1 fully saturated rings. The summed E-state index contributed by atoms with van der Waals surface area (Å²) in [6, 6.07) is 10.5. The van der Waals surface area contributed by atoms with E-state index in [-0.39, 0.29) is 11.8 Å². The lowest BCUT2D eigenvalue weighted by Crippen LogP contribution is -2.41. The molecule has 1 saturated heterocycles. The molecule has 2 aliphatic heterocycles. The third-order valence-electron chi connectivity index (χ3n) is 6.91. The Bertz CT molecular complexity index is 1220. The number of primary amides is 1. The van der Waals surface area contributed by atoms with Gasteiger partial charge in [-0.05, 0) is 37.0 Å². The molecule has 0 unspecified atom stereocenters. The van der Waals surface area contributed by atoms with E-state index in [1.165, 1.54) is 5.56 Å². The SMILES string of the molecule is COCCN1CCc2c(c(N3CCC(C(N)=O)CC3)n3c(nc4ccccc43)c2C#N)C1. The lowest BCUT2D eigenvalue weighted by atomic mass is 9.93. The summed E-state index contributed by atoms with van der Waals surface area (Å²) in [6.07, 6.45) is 2.30. The number of benzene rings is 1. The normalized spacial score (nSPS) is 17.6. The minimum atomic E-state index is -0.213. The van der Waals surface area contributed by atoms with Gasteiger partial charge in [0.25, 0.3) is 0 Å². The van der Waals surface area contributed by atoms with Crippen LogP contribution in [-0.4, -0.2) is 60.1 Å². The molecule has 0 bridgehead atoms. The van der Waals surface area contributed by atoms with Gasteiger partial charge in [-0.2, -0.15) is 5.26 Å². The van der Waals surface area contributed by atoms with Crippen molar-refractivity contribution in [2.24, 2.45) is 11.7 Å². The van der Waals surface area contributed by atoms with Gasteiger partial charge in [0, 0.05) is 51.3 Å². The van der Waals surface area contributed by atoms with E-state index in [4.69, 9.17) is 15.5 Å². The highest BCUT2D eigenvalue weighted by molar-refractivity contribution is 5.86. The monoisotopic (exact) mass is 432 g/mol. The van der Waals surface area contributed by atoms with E-state index in [1.54, 1.807) is 7.11 Å². The molecule has 5 rings (SSSR count). The average Bonchev–Trinajstić information content (AvgIpc) is 3.20. The Hall–Kier alpha value is -3.15. The van der Waals surface area contributed by atoms with Gasteiger partial charge in [0.15, 0.2) is 5.65 Å². The molecule has 0 atom stereocenters. The quantitative estimate of drug-likeness (QED) is 0.663. The number of nitrogens with two attached hydrogens (primary N) is 1. The molecule has 2 aliphatic rings. The van der Waals surface area contributed by atoms with Crippen LogP contribution < -0.4 is 10.6 Å². The van der Waals surface area contributed by atoms with Crippen molar-refractivity contribution in [3.8, 4) is 6.07 Å². The number of methoxy groups -OCH3 is 1. The van der Waals surface area contributed by atoms with Crippen LogP contribution in [0, 0.1) is 17.2 Å². The van der Waals surface area contributed by atoms with Gasteiger partial charge < -0.3 is 15.4 Å². The van der Waals surface area contributed by atoms with Gasteiger partial charge in [0.2, 0.25) is 5.91 Å². The number of aromatic nitrogens is 2. The zero-order valence-corrected chi connectivity index (χ0v) is 18.4. The minimum absolute atomic E-state index is 0.0753. The Morgan fingerprint density at radius 2 is 2.03 bits per heavy atom. The number of para-hydroxylation sites is 2. The summed E-state index contributed by atoms with van der Waals surface area (Å²) >= 11 is 0. The molecular formula is C24H28N6O2. The second kappa shape index (κ2) is 8.41. The first-order valence-electron chi connectivity index (χ1n) is 11.2. The van der Waals surface area contributed by atoms with Gasteiger partial charge in [-0.25, -0.2) is 4.98 Å².